The number of fused-ring (bicyclic) bond motifs is 1. The highest BCUT2D eigenvalue weighted by Crippen LogP contribution is 2.28. The van der Waals surface area contributed by atoms with Gasteiger partial charge in [-0.1, -0.05) is 22.6 Å². The number of benzene rings is 2. The molecule has 2 aromatic heterocycles. The van der Waals surface area contributed by atoms with Gasteiger partial charge in [-0.05, 0) is 37.3 Å². The average molecular weight is 444 g/mol. The lowest BCUT2D eigenvalue weighted by Gasteiger charge is -2.06. The van der Waals surface area contributed by atoms with Crippen LogP contribution >= 0.6 is 11.3 Å². The molecule has 1 amide bonds. The zero-order valence-electron chi connectivity index (χ0n) is 16.3. The quantitative estimate of drug-likeness (QED) is 0.504. The van der Waals surface area contributed by atoms with Crippen molar-refractivity contribution in [1.29, 1.82) is 0 Å². The van der Waals surface area contributed by atoms with Crippen molar-refractivity contribution in [2.24, 2.45) is 0 Å². The number of carbonyl (C=O) groups is 1. The summed E-state index contributed by atoms with van der Waals surface area (Å²) in [4.78, 5) is 17.3. The van der Waals surface area contributed by atoms with E-state index in [-0.39, 0.29) is 10.6 Å². The van der Waals surface area contributed by atoms with Crippen LogP contribution in [0.4, 0.5) is 5.13 Å². The number of methoxy groups -OCH3 is 1. The number of nitrogens with one attached hydrogen (secondary N) is 1. The number of rotatable bonds is 5. The van der Waals surface area contributed by atoms with E-state index in [9.17, 15) is 13.2 Å². The van der Waals surface area contributed by atoms with Crippen molar-refractivity contribution in [2.45, 2.75) is 11.8 Å². The van der Waals surface area contributed by atoms with Gasteiger partial charge in [-0.2, -0.15) is 0 Å². The average Bonchev–Trinajstić information content (AvgIpc) is 3.29. The van der Waals surface area contributed by atoms with E-state index in [0.717, 1.165) is 6.26 Å². The Morgan fingerprint density at radius 2 is 2.00 bits per heavy atom. The van der Waals surface area contributed by atoms with Gasteiger partial charge in [-0.15, -0.1) is 5.10 Å². The molecule has 0 spiro atoms. The van der Waals surface area contributed by atoms with Gasteiger partial charge in [0.25, 0.3) is 5.91 Å². The zero-order valence-corrected chi connectivity index (χ0v) is 17.9. The van der Waals surface area contributed by atoms with Gasteiger partial charge in [0.2, 0.25) is 0 Å². The van der Waals surface area contributed by atoms with Crippen LogP contribution in [-0.4, -0.2) is 47.7 Å². The van der Waals surface area contributed by atoms with Crippen LogP contribution in [0.1, 0.15) is 16.2 Å². The number of aromatic nitrogens is 4. The van der Waals surface area contributed by atoms with Crippen molar-refractivity contribution in [3.63, 3.8) is 0 Å². The second kappa shape index (κ2) is 7.50. The standard InChI is InChI=1S/C19H17N5O4S2/c1-11-17(22-23-24(11)12-5-4-6-13(9-12)28-2)18(25)21-19-20-15-8-7-14(30(3,26)27)10-16(15)29-19/h4-10H,1-3H3,(H,20,21,25). The Kier molecular flexibility index (Phi) is 5.00. The number of hydrogen-bond acceptors (Lipinski definition) is 8. The third kappa shape index (κ3) is 3.76. The first-order valence-corrected chi connectivity index (χ1v) is 11.5. The molecule has 9 nitrogen and oxygen atoms in total. The van der Waals surface area contributed by atoms with Gasteiger partial charge in [-0.3, -0.25) is 10.1 Å². The van der Waals surface area contributed by atoms with Gasteiger partial charge in [0.05, 0.1) is 33.6 Å². The summed E-state index contributed by atoms with van der Waals surface area (Å²) in [6.45, 7) is 1.74. The molecule has 2 aromatic carbocycles. The minimum atomic E-state index is -3.32. The highest BCUT2D eigenvalue weighted by molar-refractivity contribution is 7.90. The number of carbonyl (C=O) groups excluding carboxylic acids is 1. The first kappa shape index (κ1) is 20.0. The van der Waals surface area contributed by atoms with Crippen LogP contribution in [0.2, 0.25) is 0 Å². The predicted octanol–water partition coefficient (Wildman–Crippen LogP) is 2.85. The smallest absolute Gasteiger partial charge is 0.279 e. The van der Waals surface area contributed by atoms with Crippen molar-refractivity contribution in [3.05, 3.63) is 53.9 Å². The Hall–Kier alpha value is -3.31. The van der Waals surface area contributed by atoms with E-state index >= 15 is 0 Å². The fraction of sp³-hybridized carbons (Fsp3) is 0.158. The molecule has 0 aliphatic heterocycles. The van der Waals surface area contributed by atoms with Crippen LogP contribution in [0.15, 0.2) is 47.4 Å². The number of anilines is 1. The Morgan fingerprint density at radius 3 is 2.73 bits per heavy atom. The normalized spacial score (nSPS) is 11.6. The minimum absolute atomic E-state index is 0.161. The third-order valence-electron chi connectivity index (χ3n) is 4.42. The van der Waals surface area contributed by atoms with Gasteiger partial charge in [0, 0.05) is 12.3 Å². The van der Waals surface area contributed by atoms with Gasteiger partial charge >= 0.3 is 0 Å². The molecule has 4 aromatic rings. The number of sulfone groups is 1. The summed E-state index contributed by atoms with van der Waals surface area (Å²) >= 11 is 1.19. The van der Waals surface area contributed by atoms with Crippen LogP contribution in [0.25, 0.3) is 15.9 Å². The van der Waals surface area contributed by atoms with E-state index in [2.05, 4.69) is 20.6 Å². The van der Waals surface area contributed by atoms with Gasteiger partial charge in [0.1, 0.15) is 5.75 Å². The molecular weight excluding hydrogens is 426 g/mol. The molecule has 30 heavy (non-hydrogen) atoms. The van der Waals surface area contributed by atoms with Crippen molar-refractivity contribution < 1.29 is 17.9 Å². The maximum atomic E-state index is 12.7. The number of nitrogens with zero attached hydrogens (tertiary/aromatic N) is 4. The van der Waals surface area contributed by atoms with Gasteiger partial charge < -0.3 is 4.74 Å². The van der Waals surface area contributed by atoms with E-state index in [0.29, 0.717) is 32.5 Å². The first-order chi connectivity index (χ1) is 14.3. The minimum Gasteiger partial charge on any atom is -0.497 e. The molecule has 11 heteroatoms. The molecule has 0 bridgehead atoms. The summed E-state index contributed by atoms with van der Waals surface area (Å²) in [5.41, 5.74) is 2.03. The summed E-state index contributed by atoms with van der Waals surface area (Å²) in [6.07, 6.45) is 1.15. The van der Waals surface area contributed by atoms with E-state index < -0.39 is 15.7 Å². The summed E-state index contributed by atoms with van der Waals surface area (Å²) in [5, 5.41) is 11.1. The SMILES string of the molecule is COc1cccc(-n2nnc(C(=O)Nc3nc4ccc(S(C)(=O)=O)cc4s3)c2C)c1. The van der Waals surface area contributed by atoms with E-state index in [4.69, 9.17) is 4.74 Å². The monoisotopic (exact) mass is 443 g/mol. The first-order valence-electron chi connectivity index (χ1n) is 8.75. The molecule has 0 saturated carbocycles. The van der Waals surface area contributed by atoms with Crippen molar-refractivity contribution >= 4 is 42.4 Å². The fourth-order valence-corrected chi connectivity index (χ4v) is 4.49. The maximum Gasteiger partial charge on any atom is 0.279 e. The van der Waals surface area contributed by atoms with Gasteiger partial charge in [-0.25, -0.2) is 18.1 Å². The molecule has 154 valence electrons. The Bertz CT molecular complexity index is 1370. The maximum absolute atomic E-state index is 12.7. The lowest BCUT2D eigenvalue weighted by Crippen LogP contribution is -2.14. The van der Waals surface area contributed by atoms with Crippen LogP contribution in [-0.2, 0) is 9.84 Å². The summed E-state index contributed by atoms with van der Waals surface area (Å²) in [6, 6.07) is 11.9. The van der Waals surface area contributed by atoms with Crippen LogP contribution in [0, 0.1) is 6.92 Å². The molecule has 0 aliphatic rings. The summed E-state index contributed by atoms with van der Waals surface area (Å²) in [7, 11) is -1.75. The largest absolute Gasteiger partial charge is 0.497 e. The third-order valence-corrected chi connectivity index (χ3v) is 6.46. The zero-order chi connectivity index (χ0) is 21.5. The number of ether oxygens (including phenoxy) is 1. The Balaban J connectivity index is 1.61. The summed E-state index contributed by atoms with van der Waals surface area (Å²) in [5.74, 6) is 0.209. The molecule has 1 N–H and O–H groups in total. The Morgan fingerprint density at radius 1 is 1.20 bits per heavy atom. The number of thiazole rings is 1. The molecule has 4 rings (SSSR count). The van der Waals surface area contributed by atoms with E-state index in [1.54, 1.807) is 36.9 Å². The topological polar surface area (TPSA) is 116 Å². The second-order valence-corrected chi connectivity index (χ2v) is 9.56. The highest BCUT2D eigenvalue weighted by atomic mass is 32.2. The molecule has 0 radical (unpaired) electrons. The molecule has 0 unspecified atom stereocenters. The number of hydrogen-bond donors (Lipinski definition) is 1. The highest BCUT2D eigenvalue weighted by Gasteiger charge is 2.19. The van der Waals surface area contributed by atoms with Crippen LogP contribution in [0.5, 0.6) is 5.75 Å². The van der Waals surface area contributed by atoms with E-state index in [1.807, 2.05) is 18.2 Å². The predicted molar refractivity (Wildman–Crippen MR) is 113 cm³/mol. The van der Waals surface area contributed by atoms with Crippen molar-refractivity contribution in [2.75, 3.05) is 18.7 Å². The van der Waals surface area contributed by atoms with Crippen molar-refractivity contribution in [3.8, 4) is 11.4 Å². The van der Waals surface area contributed by atoms with Crippen molar-refractivity contribution in [1.82, 2.24) is 20.0 Å². The number of amides is 1. The summed E-state index contributed by atoms with van der Waals surface area (Å²) < 4.78 is 30.9. The molecule has 0 atom stereocenters. The van der Waals surface area contributed by atoms with Gasteiger partial charge in [0.15, 0.2) is 20.7 Å². The lowest BCUT2D eigenvalue weighted by molar-refractivity contribution is 0.102. The Labute approximate surface area is 176 Å². The molecule has 0 fully saturated rings. The molecule has 2 heterocycles. The van der Waals surface area contributed by atoms with E-state index in [1.165, 1.54) is 17.4 Å². The molecule has 0 aliphatic carbocycles. The lowest BCUT2D eigenvalue weighted by atomic mass is 10.2. The van der Waals surface area contributed by atoms with Crippen LogP contribution in [0.3, 0.4) is 0 Å². The van der Waals surface area contributed by atoms with Crippen LogP contribution < -0.4 is 10.1 Å². The molecule has 0 saturated heterocycles. The fourth-order valence-electron chi connectivity index (χ4n) is 2.87. The molecular formula is C19H17N5O4S2. The second-order valence-electron chi connectivity index (χ2n) is 6.51.